The largest absolute Gasteiger partial charge is 0.493 e. The van der Waals surface area contributed by atoms with Crippen molar-refractivity contribution in [1.82, 2.24) is 0 Å². The molecule has 1 heterocycles. The molecule has 0 fully saturated rings. The molecule has 0 radical (unpaired) electrons. The van der Waals surface area contributed by atoms with Gasteiger partial charge in [0.25, 0.3) is 0 Å². The van der Waals surface area contributed by atoms with Gasteiger partial charge in [-0.15, -0.1) is 0 Å². The fraction of sp³-hybridized carbons (Fsp3) is 0.600. The summed E-state index contributed by atoms with van der Waals surface area (Å²) in [6.07, 6.45) is 3.32. The number of hydrogen-bond acceptors (Lipinski definition) is 1. The van der Waals surface area contributed by atoms with Gasteiger partial charge < -0.3 is 4.74 Å². The molecule has 1 atom stereocenters. The summed E-state index contributed by atoms with van der Waals surface area (Å²) >= 11 is 3.80. The van der Waals surface area contributed by atoms with Gasteiger partial charge in [-0.25, -0.2) is 0 Å². The summed E-state index contributed by atoms with van der Waals surface area (Å²) in [5.74, 6) is 1.15. The topological polar surface area (TPSA) is 9.23 Å². The Labute approximate surface area is 113 Å². The quantitative estimate of drug-likeness (QED) is 0.753. The highest BCUT2D eigenvalue weighted by Crippen LogP contribution is 2.34. The van der Waals surface area contributed by atoms with Crippen molar-refractivity contribution in [3.8, 4) is 5.75 Å². The van der Waals surface area contributed by atoms with Crippen LogP contribution in [-0.2, 0) is 12.8 Å². The number of hydrogen-bond donors (Lipinski definition) is 0. The number of para-hydroxylation sites is 1. The van der Waals surface area contributed by atoms with Gasteiger partial charge in [-0.05, 0) is 29.4 Å². The van der Waals surface area contributed by atoms with Crippen LogP contribution in [0.25, 0.3) is 0 Å². The Morgan fingerprint density at radius 3 is 2.82 bits per heavy atom. The first-order valence-corrected chi connectivity index (χ1v) is 7.27. The maximum Gasteiger partial charge on any atom is 0.125 e. The molecule has 94 valence electrons. The van der Waals surface area contributed by atoms with Crippen LogP contribution in [0.3, 0.4) is 0 Å². The maximum absolute atomic E-state index is 5.73. The summed E-state index contributed by atoms with van der Waals surface area (Å²) in [4.78, 5) is 0.548. The summed E-state index contributed by atoms with van der Waals surface area (Å²) in [5, 5.41) is 0. The fourth-order valence-corrected chi connectivity index (χ4v) is 2.42. The van der Waals surface area contributed by atoms with E-state index in [-0.39, 0.29) is 0 Å². The highest BCUT2D eigenvalue weighted by molar-refractivity contribution is 9.09. The molecular weight excluding hydrogens is 276 g/mol. The van der Waals surface area contributed by atoms with Gasteiger partial charge in [0.1, 0.15) is 5.75 Å². The Morgan fingerprint density at radius 1 is 1.35 bits per heavy atom. The molecule has 0 aliphatic carbocycles. The van der Waals surface area contributed by atoms with E-state index < -0.39 is 0 Å². The van der Waals surface area contributed by atoms with Crippen LogP contribution in [0.2, 0.25) is 0 Å². The lowest BCUT2D eigenvalue weighted by atomic mass is 9.88. The minimum absolute atomic E-state index is 0.318. The molecule has 0 bridgehead atoms. The second-order valence-electron chi connectivity index (χ2n) is 5.88. The van der Waals surface area contributed by atoms with E-state index in [2.05, 4.69) is 54.9 Å². The third-order valence-corrected chi connectivity index (χ3v) is 5.23. The Morgan fingerprint density at radius 2 is 2.12 bits per heavy atom. The smallest absolute Gasteiger partial charge is 0.125 e. The van der Waals surface area contributed by atoms with E-state index in [1.165, 1.54) is 11.1 Å². The van der Waals surface area contributed by atoms with E-state index >= 15 is 0 Å². The second-order valence-corrected chi connectivity index (χ2v) is 6.98. The molecule has 0 amide bonds. The summed E-state index contributed by atoms with van der Waals surface area (Å²) < 4.78 is 5.73. The van der Waals surface area contributed by atoms with Gasteiger partial charge in [0.15, 0.2) is 0 Å². The Balaban J connectivity index is 2.03. The van der Waals surface area contributed by atoms with Crippen LogP contribution in [0.15, 0.2) is 18.2 Å². The summed E-state index contributed by atoms with van der Waals surface area (Å²) in [5.41, 5.74) is 3.07. The fourth-order valence-electron chi connectivity index (χ4n) is 2.20. The van der Waals surface area contributed by atoms with Crippen molar-refractivity contribution in [1.29, 1.82) is 0 Å². The number of benzene rings is 1. The van der Waals surface area contributed by atoms with Crippen molar-refractivity contribution < 1.29 is 4.74 Å². The lowest BCUT2D eigenvalue weighted by Crippen LogP contribution is -2.20. The van der Waals surface area contributed by atoms with Gasteiger partial charge in [-0.2, -0.15) is 0 Å². The zero-order chi connectivity index (χ0) is 12.5. The molecule has 0 spiro atoms. The Bertz CT molecular complexity index is 392. The Kier molecular flexibility index (Phi) is 3.82. The number of halogens is 1. The van der Waals surface area contributed by atoms with E-state index in [4.69, 9.17) is 4.74 Å². The summed E-state index contributed by atoms with van der Waals surface area (Å²) in [6.45, 7) is 7.68. The van der Waals surface area contributed by atoms with Gasteiger partial charge in [0, 0.05) is 11.2 Å². The third-order valence-electron chi connectivity index (χ3n) is 3.40. The number of aryl methyl sites for hydroxylation is 1. The SMILES string of the molecule is CC(C)(C)C(Br)CCc1cccc2c1OCC2. The summed E-state index contributed by atoms with van der Waals surface area (Å²) in [6, 6.07) is 6.54. The molecule has 1 unspecified atom stereocenters. The number of rotatable bonds is 3. The predicted molar refractivity (Wildman–Crippen MR) is 76.1 cm³/mol. The molecule has 2 rings (SSSR count). The Hall–Kier alpha value is -0.500. The third kappa shape index (κ3) is 3.04. The van der Waals surface area contributed by atoms with Crippen LogP contribution in [0.5, 0.6) is 5.75 Å². The van der Waals surface area contributed by atoms with E-state index in [0.29, 0.717) is 10.2 Å². The standard InChI is InChI=1S/C15H21BrO/c1-15(2,3)13(16)8-7-11-5-4-6-12-9-10-17-14(11)12/h4-6,13H,7-10H2,1-3H3. The first kappa shape index (κ1) is 12.9. The maximum atomic E-state index is 5.73. The highest BCUT2D eigenvalue weighted by atomic mass is 79.9. The van der Waals surface area contributed by atoms with Gasteiger partial charge >= 0.3 is 0 Å². The lowest BCUT2D eigenvalue weighted by molar-refractivity contribution is 0.350. The van der Waals surface area contributed by atoms with Crippen molar-refractivity contribution in [3.63, 3.8) is 0 Å². The number of alkyl halides is 1. The van der Waals surface area contributed by atoms with Crippen molar-refractivity contribution >= 4 is 15.9 Å². The minimum atomic E-state index is 0.318. The number of fused-ring (bicyclic) bond motifs is 1. The molecule has 0 N–H and O–H groups in total. The molecule has 1 aromatic rings. The van der Waals surface area contributed by atoms with Gasteiger partial charge in [-0.1, -0.05) is 54.9 Å². The molecule has 1 aromatic carbocycles. The highest BCUT2D eigenvalue weighted by Gasteiger charge is 2.22. The molecule has 0 aromatic heterocycles. The van der Waals surface area contributed by atoms with Gasteiger partial charge in [-0.3, -0.25) is 0 Å². The van der Waals surface area contributed by atoms with E-state index in [0.717, 1.165) is 31.6 Å². The molecular formula is C15H21BrO. The molecule has 1 aliphatic heterocycles. The van der Waals surface area contributed by atoms with Gasteiger partial charge in [0.05, 0.1) is 6.61 Å². The zero-order valence-electron chi connectivity index (χ0n) is 10.9. The molecule has 1 aliphatic rings. The van der Waals surface area contributed by atoms with Crippen LogP contribution in [0.4, 0.5) is 0 Å². The van der Waals surface area contributed by atoms with Crippen LogP contribution >= 0.6 is 15.9 Å². The first-order valence-electron chi connectivity index (χ1n) is 6.36. The number of ether oxygens (including phenoxy) is 1. The van der Waals surface area contributed by atoms with Crippen LogP contribution < -0.4 is 4.74 Å². The van der Waals surface area contributed by atoms with Crippen LogP contribution in [0, 0.1) is 5.41 Å². The molecule has 0 saturated heterocycles. The van der Waals surface area contributed by atoms with E-state index in [9.17, 15) is 0 Å². The second kappa shape index (κ2) is 5.01. The van der Waals surface area contributed by atoms with Crippen molar-refractivity contribution in [3.05, 3.63) is 29.3 Å². The van der Waals surface area contributed by atoms with Crippen LogP contribution in [0.1, 0.15) is 38.3 Å². The average molecular weight is 297 g/mol. The van der Waals surface area contributed by atoms with Crippen molar-refractivity contribution in [2.75, 3.05) is 6.61 Å². The van der Waals surface area contributed by atoms with Gasteiger partial charge in [0.2, 0.25) is 0 Å². The normalized spacial score (nSPS) is 16.5. The minimum Gasteiger partial charge on any atom is -0.493 e. The van der Waals surface area contributed by atoms with Crippen LogP contribution in [-0.4, -0.2) is 11.4 Å². The van der Waals surface area contributed by atoms with E-state index in [1.54, 1.807) is 0 Å². The lowest BCUT2D eigenvalue weighted by Gasteiger charge is -2.25. The summed E-state index contributed by atoms with van der Waals surface area (Å²) in [7, 11) is 0. The predicted octanol–water partition coefficient (Wildman–Crippen LogP) is 4.36. The van der Waals surface area contributed by atoms with E-state index in [1.807, 2.05) is 0 Å². The van der Waals surface area contributed by atoms with Crippen molar-refractivity contribution in [2.24, 2.45) is 5.41 Å². The molecule has 17 heavy (non-hydrogen) atoms. The zero-order valence-corrected chi connectivity index (χ0v) is 12.5. The molecule has 0 saturated carbocycles. The molecule has 2 heteroatoms. The first-order chi connectivity index (χ1) is 7.98. The van der Waals surface area contributed by atoms with Crippen molar-refractivity contribution in [2.45, 2.75) is 44.9 Å². The average Bonchev–Trinajstić information content (AvgIpc) is 2.72. The monoisotopic (exact) mass is 296 g/mol. The molecule has 1 nitrogen and oxygen atoms in total.